The molecule has 31 heavy (non-hydrogen) atoms. The molecule has 0 unspecified atom stereocenters. The van der Waals surface area contributed by atoms with Gasteiger partial charge in [0.15, 0.2) is 0 Å². The number of rotatable bonds is 7. The van der Waals surface area contributed by atoms with Crippen LogP contribution in [0.4, 0.5) is 0 Å². The highest BCUT2D eigenvalue weighted by atomic mass is 16.2. The van der Waals surface area contributed by atoms with Gasteiger partial charge < -0.3 is 4.90 Å². The molecule has 1 amide bonds. The van der Waals surface area contributed by atoms with Gasteiger partial charge >= 0.3 is 0 Å². The fourth-order valence-corrected chi connectivity index (χ4v) is 4.12. The highest BCUT2D eigenvalue weighted by Crippen LogP contribution is 2.22. The smallest absolute Gasteiger partial charge is 0.227 e. The molecule has 1 aliphatic rings. The number of amides is 1. The van der Waals surface area contributed by atoms with Crippen molar-refractivity contribution in [2.75, 3.05) is 26.2 Å². The Morgan fingerprint density at radius 3 is 2.58 bits per heavy atom. The molecule has 0 aliphatic carbocycles. The second-order valence-electron chi connectivity index (χ2n) is 7.97. The Morgan fingerprint density at radius 2 is 1.87 bits per heavy atom. The van der Waals surface area contributed by atoms with Crippen LogP contribution in [0.3, 0.4) is 0 Å². The van der Waals surface area contributed by atoms with E-state index < -0.39 is 0 Å². The van der Waals surface area contributed by atoms with Crippen molar-refractivity contribution in [3.8, 4) is 11.1 Å². The van der Waals surface area contributed by atoms with E-state index >= 15 is 0 Å². The van der Waals surface area contributed by atoms with Crippen LogP contribution in [0.5, 0.6) is 0 Å². The minimum atomic E-state index is -0.0876. The van der Waals surface area contributed by atoms with Crippen molar-refractivity contribution in [1.82, 2.24) is 19.8 Å². The average Bonchev–Trinajstić information content (AvgIpc) is 2.95. The monoisotopic (exact) mass is 412 g/mol. The van der Waals surface area contributed by atoms with Crippen molar-refractivity contribution in [2.45, 2.75) is 13.0 Å². The zero-order valence-electron chi connectivity index (χ0n) is 17.7. The SMILES string of the molecule is C=CCN1CCN(Cc2ccccn2)C[C@H](Cc2ccc(-c3cccnc3)cc2)C1=O. The molecule has 1 saturated heterocycles. The first-order valence-corrected chi connectivity index (χ1v) is 10.7. The van der Waals surface area contributed by atoms with Crippen LogP contribution in [0.2, 0.25) is 0 Å². The summed E-state index contributed by atoms with van der Waals surface area (Å²) in [5, 5.41) is 0. The molecule has 2 aromatic heterocycles. The molecule has 3 aromatic rings. The molecule has 0 N–H and O–H groups in total. The lowest BCUT2D eigenvalue weighted by Crippen LogP contribution is -2.37. The van der Waals surface area contributed by atoms with Gasteiger partial charge in [-0.25, -0.2) is 0 Å². The maximum absolute atomic E-state index is 13.3. The van der Waals surface area contributed by atoms with Crippen LogP contribution < -0.4 is 0 Å². The lowest BCUT2D eigenvalue weighted by atomic mass is 9.96. The summed E-state index contributed by atoms with van der Waals surface area (Å²) in [6.07, 6.45) is 8.00. The molecule has 158 valence electrons. The van der Waals surface area contributed by atoms with Crippen LogP contribution >= 0.6 is 0 Å². The van der Waals surface area contributed by atoms with E-state index in [4.69, 9.17) is 0 Å². The number of hydrogen-bond donors (Lipinski definition) is 0. The average molecular weight is 413 g/mol. The highest BCUT2D eigenvalue weighted by molar-refractivity contribution is 5.80. The van der Waals surface area contributed by atoms with Crippen LogP contribution in [0, 0.1) is 5.92 Å². The Kier molecular flexibility index (Phi) is 6.85. The molecule has 0 bridgehead atoms. The summed E-state index contributed by atoms with van der Waals surface area (Å²) < 4.78 is 0. The van der Waals surface area contributed by atoms with Crippen molar-refractivity contribution < 1.29 is 4.79 Å². The van der Waals surface area contributed by atoms with E-state index in [0.29, 0.717) is 13.1 Å². The second kappa shape index (κ2) is 10.1. The maximum atomic E-state index is 13.3. The molecule has 0 radical (unpaired) electrons. The number of nitrogens with zero attached hydrogens (tertiary/aromatic N) is 4. The molecule has 1 aromatic carbocycles. The Morgan fingerprint density at radius 1 is 1.00 bits per heavy atom. The minimum Gasteiger partial charge on any atom is -0.337 e. The molecule has 0 spiro atoms. The van der Waals surface area contributed by atoms with Crippen molar-refractivity contribution in [3.63, 3.8) is 0 Å². The van der Waals surface area contributed by atoms with Crippen molar-refractivity contribution in [2.24, 2.45) is 5.92 Å². The zero-order chi connectivity index (χ0) is 21.5. The second-order valence-corrected chi connectivity index (χ2v) is 7.97. The van der Waals surface area contributed by atoms with Crippen LogP contribution in [0.25, 0.3) is 11.1 Å². The van der Waals surface area contributed by atoms with Gasteiger partial charge in [-0.05, 0) is 41.3 Å². The third kappa shape index (κ3) is 5.44. The summed E-state index contributed by atoms with van der Waals surface area (Å²) in [5.74, 6) is 0.121. The normalized spacial score (nSPS) is 17.4. The molecule has 3 heterocycles. The molecule has 5 nitrogen and oxygen atoms in total. The van der Waals surface area contributed by atoms with Gasteiger partial charge in [0.05, 0.1) is 11.6 Å². The lowest BCUT2D eigenvalue weighted by molar-refractivity contribution is -0.134. The summed E-state index contributed by atoms with van der Waals surface area (Å²) in [6.45, 7) is 7.46. The molecule has 1 aliphatic heterocycles. The molecule has 4 rings (SSSR count). The number of pyridine rings is 2. The standard InChI is InChI=1S/C26H28N4O/c1-2-14-30-16-15-29(20-25-7-3-4-13-28-25)19-24(26(30)31)17-21-8-10-22(11-9-21)23-6-5-12-27-18-23/h2-13,18,24H,1,14-17,19-20H2/t24-/m0/s1. The zero-order valence-corrected chi connectivity index (χ0v) is 17.7. The van der Waals surface area contributed by atoms with Crippen molar-refractivity contribution >= 4 is 5.91 Å². The first-order chi connectivity index (χ1) is 15.2. The third-order valence-electron chi connectivity index (χ3n) is 5.72. The lowest BCUT2D eigenvalue weighted by Gasteiger charge is -2.23. The van der Waals surface area contributed by atoms with E-state index in [1.807, 2.05) is 47.6 Å². The number of benzene rings is 1. The molecule has 5 heteroatoms. The first-order valence-electron chi connectivity index (χ1n) is 10.7. The first kappa shape index (κ1) is 20.9. The summed E-state index contributed by atoms with van der Waals surface area (Å²) in [5.41, 5.74) is 4.43. The minimum absolute atomic E-state index is 0.0876. The van der Waals surface area contributed by atoms with Crippen molar-refractivity contribution in [3.05, 3.63) is 97.1 Å². The van der Waals surface area contributed by atoms with Gasteiger partial charge in [0.1, 0.15) is 0 Å². The van der Waals surface area contributed by atoms with Gasteiger partial charge in [-0.1, -0.05) is 42.5 Å². The van der Waals surface area contributed by atoms with Crippen molar-refractivity contribution in [1.29, 1.82) is 0 Å². The van der Waals surface area contributed by atoms with Gasteiger partial charge in [-0.2, -0.15) is 0 Å². The summed E-state index contributed by atoms with van der Waals surface area (Å²) in [7, 11) is 0. The van der Waals surface area contributed by atoms with E-state index in [1.54, 1.807) is 6.20 Å². The molecule has 1 fully saturated rings. The number of aromatic nitrogens is 2. The Labute approximate surface area is 184 Å². The van der Waals surface area contributed by atoms with Crippen LogP contribution in [-0.4, -0.2) is 51.9 Å². The molecule has 0 saturated carbocycles. The quantitative estimate of drug-likeness (QED) is 0.554. The Bertz CT molecular complexity index is 989. The van der Waals surface area contributed by atoms with Gasteiger partial charge in [-0.3, -0.25) is 19.7 Å². The van der Waals surface area contributed by atoms with Gasteiger partial charge in [0.25, 0.3) is 0 Å². The van der Waals surface area contributed by atoms with Crippen LogP contribution in [0.1, 0.15) is 11.3 Å². The van der Waals surface area contributed by atoms with Crippen LogP contribution in [0.15, 0.2) is 85.8 Å². The number of hydrogen-bond acceptors (Lipinski definition) is 4. The molecular formula is C26H28N4O. The predicted octanol–water partition coefficient (Wildman–Crippen LogP) is 3.83. The maximum Gasteiger partial charge on any atom is 0.227 e. The largest absolute Gasteiger partial charge is 0.337 e. The Hall–Kier alpha value is -3.31. The van der Waals surface area contributed by atoms with E-state index in [9.17, 15) is 4.79 Å². The highest BCUT2D eigenvalue weighted by Gasteiger charge is 2.30. The summed E-state index contributed by atoms with van der Waals surface area (Å²) in [4.78, 5) is 26.2. The van der Waals surface area contributed by atoms with Gasteiger partial charge in [0.2, 0.25) is 5.91 Å². The van der Waals surface area contributed by atoms with E-state index in [1.165, 1.54) is 5.56 Å². The summed E-state index contributed by atoms with van der Waals surface area (Å²) >= 11 is 0. The van der Waals surface area contributed by atoms with E-state index in [2.05, 4.69) is 51.8 Å². The van der Waals surface area contributed by atoms with E-state index in [0.717, 1.165) is 42.9 Å². The number of carbonyl (C=O) groups is 1. The third-order valence-corrected chi connectivity index (χ3v) is 5.72. The van der Waals surface area contributed by atoms with Gasteiger partial charge in [-0.15, -0.1) is 6.58 Å². The Balaban J connectivity index is 1.50. The number of carbonyl (C=O) groups excluding carboxylic acids is 1. The topological polar surface area (TPSA) is 49.3 Å². The fourth-order valence-electron chi connectivity index (χ4n) is 4.12. The fraction of sp³-hybridized carbons (Fsp3) is 0.269. The molecule has 1 atom stereocenters. The summed E-state index contributed by atoms with van der Waals surface area (Å²) in [6, 6.07) is 18.5. The van der Waals surface area contributed by atoms with Gasteiger partial charge in [0, 0.05) is 51.3 Å². The van der Waals surface area contributed by atoms with Crippen LogP contribution in [-0.2, 0) is 17.8 Å². The predicted molar refractivity (Wildman–Crippen MR) is 123 cm³/mol. The molecular weight excluding hydrogens is 384 g/mol. The van der Waals surface area contributed by atoms with E-state index in [-0.39, 0.29) is 11.8 Å².